The lowest BCUT2D eigenvalue weighted by Crippen LogP contribution is -2.50. The molecule has 0 bridgehead atoms. The number of hydrogen-bond donors (Lipinski definition) is 3. The first kappa shape index (κ1) is 49.2. The van der Waals surface area contributed by atoms with Crippen molar-refractivity contribution in [1.82, 2.24) is 15.1 Å². The van der Waals surface area contributed by atoms with Crippen molar-refractivity contribution in [3.05, 3.63) is 124 Å². The number of ketones is 1. The number of benzene rings is 4. The molecule has 4 amide bonds. The van der Waals surface area contributed by atoms with Gasteiger partial charge in [-0.25, -0.2) is 14.1 Å². The maximum atomic E-state index is 14.3. The predicted molar refractivity (Wildman–Crippen MR) is 262 cm³/mol. The van der Waals surface area contributed by atoms with Crippen molar-refractivity contribution >= 4 is 40.9 Å². The van der Waals surface area contributed by atoms with Crippen LogP contribution < -0.4 is 30.2 Å². The zero-order valence-corrected chi connectivity index (χ0v) is 40.9. The van der Waals surface area contributed by atoms with E-state index in [1.807, 2.05) is 33.0 Å². The standard InChI is InChI=1S/C55H62FN5O10/c1-31(2)49(57)50(63)58-33(4)45(62)22-34-7-9-35(10-8-34)29-71-54(67)61-43-26-46(32(3)21-42(43)52(65)60-30-55(17-18-55)27-44(60)53(61)66)69-19-6-20-70-48-24-37-13-16-40-23-38(36-11-14-39(56)15-12-36)28-59(40)51(64)41(37)25-47(48)68-5/h7-12,14-15,21,24-26,28,31,33,40,44,49,53,66H,6,13,16-20,22-23,27,29-30,57H2,1-5H3,(H,58,63)/t33-,40+,44-,49-,53?/m0/s1. The first-order valence-corrected chi connectivity index (χ1v) is 24.5. The summed E-state index contributed by atoms with van der Waals surface area (Å²) in [5.41, 5.74) is 11.6. The van der Waals surface area contributed by atoms with Gasteiger partial charge in [-0.05, 0) is 127 Å². The van der Waals surface area contributed by atoms with Crippen molar-refractivity contribution in [2.75, 3.05) is 31.8 Å². The third-order valence-corrected chi connectivity index (χ3v) is 14.7. The lowest BCUT2D eigenvalue weighted by molar-refractivity contribution is -0.128. The molecule has 1 saturated heterocycles. The van der Waals surface area contributed by atoms with Gasteiger partial charge in [0.25, 0.3) is 11.8 Å². The molecule has 4 heterocycles. The SMILES string of the molecule is COc1cc2c(cc1OCCCOc1cc3c(cc1C)C(=O)N1CC4(CC4)C[C@H]1C(O)N3C(=O)OCc1ccc(CC(=O)[C@H](C)NC(=O)[C@@H](N)C(C)C)cc1)CC[C@@H]1CC(c3ccc(F)cc3)=CN1C2=O. The van der Waals surface area contributed by atoms with Crippen LogP contribution in [0, 0.1) is 24.1 Å². The Morgan fingerprint density at radius 3 is 2.30 bits per heavy atom. The van der Waals surface area contributed by atoms with E-state index in [1.165, 1.54) is 24.1 Å². The van der Waals surface area contributed by atoms with E-state index < -0.39 is 30.4 Å². The molecule has 1 saturated carbocycles. The second kappa shape index (κ2) is 20.1. The Morgan fingerprint density at radius 1 is 0.901 bits per heavy atom. The molecule has 2 fully saturated rings. The Hall–Kier alpha value is -6.78. The van der Waals surface area contributed by atoms with Crippen molar-refractivity contribution in [3.8, 4) is 17.2 Å². The average Bonchev–Trinajstić information content (AvgIpc) is 3.86. The third kappa shape index (κ3) is 10.2. The third-order valence-electron chi connectivity index (χ3n) is 14.7. The highest BCUT2D eigenvalue weighted by atomic mass is 19.1. The summed E-state index contributed by atoms with van der Waals surface area (Å²) in [6.45, 7) is 7.95. The Bertz CT molecular complexity index is 2760. The Kier molecular flexibility index (Phi) is 14.0. The van der Waals surface area contributed by atoms with Gasteiger partial charge < -0.3 is 44.9 Å². The van der Waals surface area contributed by atoms with Gasteiger partial charge >= 0.3 is 6.09 Å². The lowest BCUT2D eigenvalue weighted by Gasteiger charge is -2.31. The van der Waals surface area contributed by atoms with Gasteiger partial charge in [0.05, 0.1) is 49.7 Å². The molecule has 4 N–H and O–H groups in total. The molecule has 71 heavy (non-hydrogen) atoms. The van der Waals surface area contributed by atoms with Crippen LogP contribution >= 0.6 is 0 Å². The van der Waals surface area contributed by atoms with Crippen molar-refractivity contribution in [2.24, 2.45) is 17.1 Å². The fourth-order valence-corrected chi connectivity index (χ4v) is 10.2. The quantitative estimate of drug-likeness (QED) is 0.0959. The number of aliphatic hydroxyl groups is 1. The number of nitrogens with two attached hydrogens (primary N) is 1. The number of nitrogens with zero attached hydrogens (tertiary/aromatic N) is 3. The smallest absolute Gasteiger partial charge is 0.416 e. The molecule has 4 aromatic carbocycles. The topological polar surface area (TPSA) is 190 Å². The fourth-order valence-electron chi connectivity index (χ4n) is 10.2. The van der Waals surface area contributed by atoms with E-state index in [2.05, 4.69) is 5.32 Å². The van der Waals surface area contributed by atoms with Gasteiger partial charge in [-0.2, -0.15) is 0 Å². The molecular weight excluding hydrogens is 910 g/mol. The number of ether oxygens (including phenoxy) is 4. The Morgan fingerprint density at radius 2 is 1.61 bits per heavy atom. The number of halogens is 1. The van der Waals surface area contributed by atoms with E-state index in [1.54, 1.807) is 71.3 Å². The number of nitrogens with one attached hydrogen (secondary N) is 1. The molecule has 5 aliphatic rings. The molecule has 1 aliphatic carbocycles. The predicted octanol–water partition coefficient (Wildman–Crippen LogP) is 7.26. The first-order valence-electron chi connectivity index (χ1n) is 24.5. The summed E-state index contributed by atoms with van der Waals surface area (Å²) in [6, 6.07) is 18.2. The van der Waals surface area contributed by atoms with E-state index in [0.717, 1.165) is 36.0 Å². The van der Waals surface area contributed by atoms with Crippen LogP contribution in [-0.2, 0) is 33.8 Å². The Labute approximate surface area is 413 Å². The second-order valence-electron chi connectivity index (χ2n) is 20.1. The van der Waals surface area contributed by atoms with Crippen LogP contribution in [0.2, 0.25) is 0 Å². The van der Waals surface area contributed by atoms with Gasteiger partial charge in [-0.15, -0.1) is 0 Å². The summed E-state index contributed by atoms with van der Waals surface area (Å²) in [5, 5.41) is 14.7. The molecule has 374 valence electrons. The summed E-state index contributed by atoms with van der Waals surface area (Å²) >= 11 is 0. The number of aliphatic hydroxyl groups excluding tert-OH is 1. The van der Waals surface area contributed by atoms with Crippen LogP contribution in [0.1, 0.15) is 108 Å². The molecule has 1 spiro atoms. The highest BCUT2D eigenvalue weighted by molar-refractivity contribution is 6.06. The van der Waals surface area contributed by atoms with Gasteiger partial charge in [0.2, 0.25) is 5.91 Å². The molecule has 15 nitrogen and oxygen atoms in total. The number of rotatable bonds is 16. The van der Waals surface area contributed by atoms with Crippen molar-refractivity contribution in [1.29, 1.82) is 0 Å². The molecule has 4 aromatic rings. The fraction of sp³-hybridized carbons (Fsp3) is 0.436. The van der Waals surface area contributed by atoms with Gasteiger partial charge in [-0.1, -0.05) is 50.2 Å². The largest absolute Gasteiger partial charge is 0.493 e. The normalized spacial score (nSPS) is 20.5. The van der Waals surface area contributed by atoms with E-state index >= 15 is 0 Å². The molecule has 5 atom stereocenters. The van der Waals surface area contributed by atoms with E-state index in [0.29, 0.717) is 71.7 Å². The molecule has 0 aromatic heterocycles. The summed E-state index contributed by atoms with van der Waals surface area (Å²) in [7, 11) is 1.53. The summed E-state index contributed by atoms with van der Waals surface area (Å²) in [4.78, 5) is 72.3. The van der Waals surface area contributed by atoms with Crippen LogP contribution in [0.5, 0.6) is 17.2 Å². The maximum absolute atomic E-state index is 14.3. The van der Waals surface area contributed by atoms with Gasteiger partial charge in [-0.3, -0.25) is 19.2 Å². The summed E-state index contributed by atoms with van der Waals surface area (Å²) < 4.78 is 37.7. The number of carbonyl (C=O) groups is 5. The second-order valence-corrected chi connectivity index (χ2v) is 20.1. The summed E-state index contributed by atoms with van der Waals surface area (Å²) in [5.74, 6) is 0.0166. The lowest BCUT2D eigenvalue weighted by atomic mass is 9.97. The summed E-state index contributed by atoms with van der Waals surface area (Å²) in [6.07, 6.45) is 4.72. The maximum Gasteiger partial charge on any atom is 0.416 e. The van der Waals surface area contributed by atoms with Crippen LogP contribution in [0.3, 0.4) is 0 Å². The molecule has 4 aliphatic heterocycles. The number of hydrogen-bond acceptors (Lipinski definition) is 11. The zero-order valence-electron chi connectivity index (χ0n) is 40.9. The van der Waals surface area contributed by atoms with Crippen molar-refractivity contribution < 1.29 is 52.4 Å². The van der Waals surface area contributed by atoms with E-state index in [9.17, 15) is 33.5 Å². The molecule has 16 heteroatoms. The zero-order chi connectivity index (χ0) is 50.3. The number of aryl methyl sites for hydroxylation is 2. The highest BCUT2D eigenvalue weighted by Gasteiger charge is 2.58. The average molecular weight is 972 g/mol. The minimum atomic E-state index is -1.39. The minimum absolute atomic E-state index is 0.0204. The number of carbonyl (C=O) groups excluding carboxylic acids is 5. The highest BCUT2D eigenvalue weighted by Crippen LogP contribution is 2.57. The van der Waals surface area contributed by atoms with Gasteiger partial charge in [0, 0.05) is 43.3 Å². The van der Waals surface area contributed by atoms with Crippen molar-refractivity contribution in [3.63, 3.8) is 0 Å². The number of methoxy groups -OCH3 is 1. The first-order chi connectivity index (χ1) is 34.0. The molecular formula is C55H62FN5O10. The Balaban J connectivity index is 0.846. The molecule has 0 radical (unpaired) electrons. The van der Waals surface area contributed by atoms with Crippen LogP contribution in [-0.4, -0.2) is 102 Å². The molecule has 9 rings (SSSR count). The van der Waals surface area contributed by atoms with Crippen LogP contribution in [0.25, 0.3) is 5.57 Å². The van der Waals surface area contributed by atoms with Crippen molar-refractivity contribution in [2.45, 2.75) is 116 Å². The van der Waals surface area contributed by atoms with E-state index in [4.69, 9.17) is 24.7 Å². The van der Waals surface area contributed by atoms with Gasteiger partial charge in [0.15, 0.2) is 23.5 Å². The monoisotopic (exact) mass is 971 g/mol. The number of fused-ring (bicyclic) bond motifs is 4. The number of amides is 4. The van der Waals surface area contributed by atoms with Crippen LogP contribution in [0.4, 0.5) is 14.9 Å². The molecule has 1 unspecified atom stereocenters. The number of Topliss-reactive ketones (excluding diaryl/α,β-unsaturated/α-hetero) is 1. The van der Waals surface area contributed by atoms with E-state index in [-0.39, 0.29) is 84.2 Å². The number of anilines is 1. The van der Waals surface area contributed by atoms with Crippen LogP contribution in [0.15, 0.2) is 79.0 Å². The minimum Gasteiger partial charge on any atom is -0.493 e. The van der Waals surface area contributed by atoms with Gasteiger partial charge in [0.1, 0.15) is 18.2 Å².